The van der Waals surface area contributed by atoms with E-state index in [2.05, 4.69) is 10.3 Å². The van der Waals surface area contributed by atoms with Crippen molar-refractivity contribution in [3.8, 4) is 17.4 Å². The minimum Gasteiger partial charge on any atom is -0.497 e. The van der Waals surface area contributed by atoms with Crippen LogP contribution in [-0.4, -0.2) is 18.0 Å². The fourth-order valence-corrected chi connectivity index (χ4v) is 2.38. The fourth-order valence-electron chi connectivity index (χ4n) is 2.38. The monoisotopic (exact) mass is 348 g/mol. The molecule has 5 nitrogen and oxygen atoms in total. The van der Waals surface area contributed by atoms with Crippen LogP contribution in [-0.2, 0) is 11.2 Å². The molecule has 0 unspecified atom stereocenters. The van der Waals surface area contributed by atoms with Gasteiger partial charge in [0, 0.05) is 6.07 Å². The van der Waals surface area contributed by atoms with Crippen LogP contribution in [0.25, 0.3) is 0 Å². The van der Waals surface area contributed by atoms with Crippen LogP contribution in [0.4, 0.5) is 5.69 Å². The number of aromatic nitrogens is 1. The Morgan fingerprint density at radius 2 is 1.65 bits per heavy atom. The van der Waals surface area contributed by atoms with Gasteiger partial charge in [0.2, 0.25) is 11.8 Å². The Balaban J connectivity index is 1.56. The van der Waals surface area contributed by atoms with Crippen LogP contribution in [0.15, 0.2) is 66.9 Å². The summed E-state index contributed by atoms with van der Waals surface area (Å²) in [5.74, 6) is 1.85. The van der Waals surface area contributed by atoms with Crippen molar-refractivity contribution in [2.24, 2.45) is 0 Å². The molecule has 0 bridgehead atoms. The third-order valence-corrected chi connectivity index (χ3v) is 3.79. The fraction of sp³-hybridized carbons (Fsp3) is 0.143. The second kappa shape index (κ2) is 8.16. The molecule has 0 fully saturated rings. The highest BCUT2D eigenvalue weighted by atomic mass is 16.5. The Hall–Kier alpha value is -3.34. The molecular formula is C21H20N2O3. The molecule has 3 aromatic rings. The summed E-state index contributed by atoms with van der Waals surface area (Å²) in [5.41, 5.74) is 2.70. The number of carbonyl (C=O) groups is 1. The summed E-state index contributed by atoms with van der Waals surface area (Å²) in [5, 5.41) is 2.83. The molecule has 0 atom stereocenters. The zero-order valence-electron chi connectivity index (χ0n) is 14.7. The lowest BCUT2D eigenvalue weighted by atomic mass is 10.1. The number of benzene rings is 2. The van der Waals surface area contributed by atoms with Crippen molar-refractivity contribution in [3.05, 3.63) is 78.0 Å². The predicted octanol–water partition coefficient (Wildman–Crippen LogP) is 4.37. The number of hydrogen-bond donors (Lipinski definition) is 1. The van der Waals surface area contributed by atoms with Crippen molar-refractivity contribution in [1.29, 1.82) is 0 Å². The first-order valence-corrected chi connectivity index (χ1v) is 8.26. The number of rotatable bonds is 6. The summed E-state index contributed by atoms with van der Waals surface area (Å²) in [6, 6.07) is 18.6. The molecule has 2 aromatic carbocycles. The van der Waals surface area contributed by atoms with Crippen LogP contribution >= 0.6 is 0 Å². The van der Waals surface area contributed by atoms with Crippen LogP contribution in [0.2, 0.25) is 0 Å². The molecule has 0 radical (unpaired) electrons. The Morgan fingerprint density at radius 1 is 0.962 bits per heavy atom. The minimum absolute atomic E-state index is 0.107. The van der Waals surface area contributed by atoms with E-state index >= 15 is 0 Å². The summed E-state index contributed by atoms with van der Waals surface area (Å²) in [7, 11) is 1.61. The summed E-state index contributed by atoms with van der Waals surface area (Å²) >= 11 is 0. The van der Waals surface area contributed by atoms with Crippen LogP contribution in [0.1, 0.15) is 11.1 Å². The maximum atomic E-state index is 12.1. The number of ether oxygens (including phenoxy) is 2. The molecule has 5 heteroatoms. The standard InChI is InChI=1S/C21H20N2O3/c1-15-3-8-19(9-4-15)26-21-12-7-17(14-22-21)23-20(24)13-16-5-10-18(25-2)11-6-16/h3-12,14H,13H2,1-2H3,(H,23,24). The van der Waals surface area contributed by atoms with Gasteiger partial charge in [-0.15, -0.1) is 0 Å². The third kappa shape index (κ3) is 4.83. The predicted molar refractivity (Wildman–Crippen MR) is 101 cm³/mol. The van der Waals surface area contributed by atoms with Gasteiger partial charge >= 0.3 is 0 Å². The maximum absolute atomic E-state index is 12.1. The van der Waals surface area contributed by atoms with E-state index in [0.717, 1.165) is 17.1 Å². The van der Waals surface area contributed by atoms with E-state index in [0.29, 0.717) is 11.6 Å². The number of pyridine rings is 1. The maximum Gasteiger partial charge on any atom is 0.228 e. The third-order valence-electron chi connectivity index (χ3n) is 3.79. The summed E-state index contributed by atoms with van der Waals surface area (Å²) in [4.78, 5) is 16.4. The first kappa shape index (κ1) is 17.5. The average Bonchev–Trinajstić information content (AvgIpc) is 2.66. The molecule has 0 spiro atoms. The Kier molecular flexibility index (Phi) is 5.49. The molecule has 1 aromatic heterocycles. The number of nitrogens with zero attached hydrogens (tertiary/aromatic N) is 1. The van der Waals surface area contributed by atoms with Gasteiger partial charge in [-0.1, -0.05) is 29.8 Å². The van der Waals surface area contributed by atoms with Crippen molar-refractivity contribution >= 4 is 11.6 Å². The average molecular weight is 348 g/mol. The number of methoxy groups -OCH3 is 1. The summed E-state index contributed by atoms with van der Waals surface area (Å²) < 4.78 is 10.8. The highest BCUT2D eigenvalue weighted by Gasteiger charge is 2.06. The number of hydrogen-bond acceptors (Lipinski definition) is 4. The van der Waals surface area contributed by atoms with Crippen molar-refractivity contribution < 1.29 is 14.3 Å². The molecule has 3 rings (SSSR count). The van der Waals surface area contributed by atoms with Crippen LogP contribution < -0.4 is 14.8 Å². The molecular weight excluding hydrogens is 328 g/mol. The van der Waals surface area contributed by atoms with Crippen molar-refractivity contribution in [2.75, 3.05) is 12.4 Å². The molecule has 0 aliphatic rings. The SMILES string of the molecule is COc1ccc(CC(=O)Nc2ccc(Oc3ccc(C)cc3)nc2)cc1. The topological polar surface area (TPSA) is 60.5 Å². The molecule has 1 amide bonds. The number of amides is 1. The van der Waals surface area contributed by atoms with Crippen LogP contribution in [0, 0.1) is 6.92 Å². The Morgan fingerprint density at radius 3 is 2.27 bits per heavy atom. The van der Waals surface area contributed by atoms with E-state index in [-0.39, 0.29) is 12.3 Å². The number of carbonyl (C=O) groups excluding carboxylic acids is 1. The first-order chi connectivity index (χ1) is 12.6. The lowest BCUT2D eigenvalue weighted by molar-refractivity contribution is -0.115. The van der Waals surface area contributed by atoms with E-state index in [4.69, 9.17) is 9.47 Å². The quantitative estimate of drug-likeness (QED) is 0.718. The molecule has 0 saturated heterocycles. The summed E-state index contributed by atoms with van der Waals surface area (Å²) in [6.45, 7) is 2.02. The first-order valence-electron chi connectivity index (χ1n) is 8.26. The zero-order valence-corrected chi connectivity index (χ0v) is 14.7. The highest BCUT2D eigenvalue weighted by Crippen LogP contribution is 2.21. The molecule has 0 aliphatic carbocycles. The number of nitrogens with one attached hydrogen (secondary N) is 1. The zero-order chi connectivity index (χ0) is 18.4. The van der Waals surface area contributed by atoms with E-state index < -0.39 is 0 Å². The molecule has 0 saturated carbocycles. The number of anilines is 1. The Bertz CT molecular complexity index is 857. The normalized spacial score (nSPS) is 10.2. The lowest BCUT2D eigenvalue weighted by Crippen LogP contribution is -2.14. The smallest absolute Gasteiger partial charge is 0.228 e. The van der Waals surface area contributed by atoms with Gasteiger partial charge < -0.3 is 14.8 Å². The van der Waals surface area contributed by atoms with Gasteiger partial charge in [0.05, 0.1) is 25.4 Å². The van der Waals surface area contributed by atoms with Gasteiger partial charge in [-0.3, -0.25) is 4.79 Å². The molecule has 0 aliphatic heterocycles. The summed E-state index contributed by atoms with van der Waals surface area (Å²) in [6.07, 6.45) is 1.86. The van der Waals surface area contributed by atoms with Gasteiger partial charge in [-0.05, 0) is 42.8 Å². The lowest BCUT2D eigenvalue weighted by Gasteiger charge is -2.08. The van der Waals surface area contributed by atoms with E-state index in [1.165, 1.54) is 5.56 Å². The Labute approximate surface area is 152 Å². The van der Waals surface area contributed by atoms with Crippen molar-refractivity contribution in [2.45, 2.75) is 13.3 Å². The molecule has 26 heavy (non-hydrogen) atoms. The van der Waals surface area contributed by atoms with Gasteiger partial charge in [-0.25, -0.2) is 4.98 Å². The number of aryl methyl sites for hydroxylation is 1. The van der Waals surface area contributed by atoms with Crippen molar-refractivity contribution in [1.82, 2.24) is 4.98 Å². The van der Waals surface area contributed by atoms with E-state index in [1.807, 2.05) is 55.5 Å². The largest absolute Gasteiger partial charge is 0.497 e. The minimum atomic E-state index is -0.107. The van der Waals surface area contributed by atoms with Gasteiger partial charge in [0.25, 0.3) is 0 Å². The molecule has 1 N–H and O–H groups in total. The molecule has 1 heterocycles. The molecule has 132 valence electrons. The second-order valence-electron chi connectivity index (χ2n) is 5.87. The van der Waals surface area contributed by atoms with E-state index in [1.54, 1.807) is 25.4 Å². The van der Waals surface area contributed by atoms with Gasteiger partial charge in [0.15, 0.2) is 0 Å². The van der Waals surface area contributed by atoms with Crippen LogP contribution in [0.5, 0.6) is 17.4 Å². The van der Waals surface area contributed by atoms with E-state index in [9.17, 15) is 4.79 Å². The van der Waals surface area contributed by atoms with Gasteiger partial charge in [0.1, 0.15) is 11.5 Å². The highest BCUT2D eigenvalue weighted by molar-refractivity contribution is 5.92. The van der Waals surface area contributed by atoms with Gasteiger partial charge in [-0.2, -0.15) is 0 Å². The van der Waals surface area contributed by atoms with Crippen molar-refractivity contribution in [3.63, 3.8) is 0 Å². The van der Waals surface area contributed by atoms with Crippen LogP contribution in [0.3, 0.4) is 0 Å². The second-order valence-corrected chi connectivity index (χ2v) is 5.87.